The van der Waals surface area contributed by atoms with Crippen LogP contribution in [-0.4, -0.2) is 57.7 Å². The molecule has 3 aromatic rings. The van der Waals surface area contributed by atoms with Crippen molar-refractivity contribution in [2.75, 3.05) is 26.2 Å². The van der Waals surface area contributed by atoms with Crippen LogP contribution in [0.3, 0.4) is 0 Å². The van der Waals surface area contributed by atoms with Gasteiger partial charge in [0.05, 0.1) is 16.6 Å². The number of hydrogen-bond donors (Lipinski definition) is 2. The van der Waals surface area contributed by atoms with Gasteiger partial charge in [-0.05, 0) is 44.0 Å². The highest BCUT2D eigenvalue weighted by Crippen LogP contribution is 2.29. The fourth-order valence-electron chi connectivity index (χ4n) is 4.94. The van der Waals surface area contributed by atoms with Crippen molar-refractivity contribution < 1.29 is 9.90 Å². The molecule has 0 spiro atoms. The van der Waals surface area contributed by atoms with E-state index >= 15 is 0 Å². The second kappa shape index (κ2) is 7.61. The fourth-order valence-corrected chi connectivity index (χ4v) is 4.94. The van der Waals surface area contributed by atoms with Gasteiger partial charge < -0.3 is 19.9 Å². The third-order valence-electron chi connectivity index (χ3n) is 6.43. The van der Waals surface area contributed by atoms with Crippen LogP contribution in [0.4, 0.5) is 0 Å². The van der Waals surface area contributed by atoms with Crippen LogP contribution < -0.4 is 5.32 Å². The quantitative estimate of drug-likeness (QED) is 0.677. The van der Waals surface area contributed by atoms with Crippen LogP contribution in [-0.2, 0) is 6.54 Å². The predicted octanol–water partition coefficient (Wildman–Crippen LogP) is 3.09. The van der Waals surface area contributed by atoms with E-state index in [-0.39, 0.29) is 0 Å². The van der Waals surface area contributed by atoms with Crippen molar-refractivity contribution in [1.29, 1.82) is 0 Å². The smallest absolute Gasteiger partial charge is 0.337 e. The first-order valence-electron chi connectivity index (χ1n) is 10.4. The minimum atomic E-state index is -0.915. The summed E-state index contributed by atoms with van der Waals surface area (Å²) in [6.07, 6.45) is 2.56. The van der Waals surface area contributed by atoms with E-state index in [9.17, 15) is 9.90 Å². The van der Waals surface area contributed by atoms with Gasteiger partial charge in [0.15, 0.2) is 0 Å². The zero-order chi connectivity index (χ0) is 19.8. The molecule has 0 unspecified atom stereocenters. The van der Waals surface area contributed by atoms with Gasteiger partial charge in [-0.3, -0.25) is 0 Å². The second-order valence-electron chi connectivity index (χ2n) is 8.13. The van der Waals surface area contributed by atoms with Crippen LogP contribution in [0.5, 0.6) is 0 Å². The first kappa shape index (κ1) is 18.3. The van der Waals surface area contributed by atoms with Gasteiger partial charge in [-0.2, -0.15) is 0 Å². The zero-order valence-corrected chi connectivity index (χ0v) is 16.4. The molecular formula is C23H26N4O2. The molecular weight excluding hydrogens is 364 g/mol. The number of para-hydroxylation sites is 1. The van der Waals surface area contributed by atoms with Crippen LogP contribution in [0.15, 0.2) is 48.5 Å². The molecule has 3 aliphatic heterocycles. The Kier molecular flexibility index (Phi) is 4.81. The van der Waals surface area contributed by atoms with Crippen LogP contribution in [0.2, 0.25) is 0 Å². The molecule has 3 aliphatic rings. The van der Waals surface area contributed by atoms with Crippen molar-refractivity contribution in [3.8, 4) is 11.4 Å². The molecule has 2 aromatic carbocycles. The number of imidazole rings is 1. The van der Waals surface area contributed by atoms with Crippen molar-refractivity contribution >= 4 is 17.0 Å². The third kappa shape index (κ3) is 3.43. The molecule has 0 aliphatic carbocycles. The minimum Gasteiger partial charge on any atom is -0.478 e. The van der Waals surface area contributed by atoms with Crippen LogP contribution in [0, 0.1) is 5.92 Å². The van der Waals surface area contributed by atoms with Gasteiger partial charge in [0, 0.05) is 31.2 Å². The summed E-state index contributed by atoms with van der Waals surface area (Å²) in [5.74, 6) is 0.675. The normalized spacial score (nSPS) is 23.5. The Balaban J connectivity index is 1.46. The highest BCUT2D eigenvalue weighted by molar-refractivity contribution is 6.02. The number of nitrogens with one attached hydrogen (secondary N) is 1. The minimum absolute atomic E-state index is 0.306. The topological polar surface area (TPSA) is 70.4 Å². The molecule has 150 valence electrons. The first-order chi connectivity index (χ1) is 14.2. The molecule has 2 bridgehead atoms. The number of carboxylic acids is 1. The van der Waals surface area contributed by atoms with E-state index in [4.69, 9.17) is 4.98 Å². The van der Waals surface area contributed by atoms with E-state index < -0.39 is 5.97 Å². The Bertz CT molecular complexity index is 1020. The number of hydrogen-bond acceptors (Lipinski definition) is 4. The number of aromatic nitrogens is 2. The largest absolute Gasteiger partial charge is 0.478 e. The SMILES string of the molecule is O=C(O)c1cccc2nc(-c3ccccc3)n(CCN[C@@H]3CN4CCC3CC4)c12. The van der Waals surface area contributed by atoms with Gasteiger partial charge >= 0.3 is 5.97 Å². The lowest BCUT2D eigenvalue weighted by molar-refractivity contribution is 0.0698. The number of piperidine rings is 3. The van der Waals surface area contributed by atoms with Gasteiger partial charge in [0.1, 0.15) is 5.82 Å². The monoisotopic (exact) mass is 390 g/mol. The molecule has 3 fully saturated rings. The Morgan fingerprint density at radius 2 is 1.90 bits per heavy atom. The van der Waals surface area contributed by atoms with Gasteiger partial charge in [-0.15, -0.1) is 0 Å². The number of benzene rings is 2. The standard InChI is InChI=1S/C23H26N4O2/c28-23(29)18-7-4-8-19-21(18)27(22(25-19)17-5-2-1-3-6-17)14-11-24-20-15-26-12-9-16(20)10-13-26/h1-8,16,20,24H,9-15H2,(H,28,29)/t20-/m1/s1. The van der Waals surface area contributed by atoms with Crippen molar-refractivity contribution in [2.24, 2.45) is 5.92 Å². The highest BCUT2D eigenvalue weighted by atomic mass is 16.4. The summed E-state index contributed by atoms with van der Waals surface area (Å²) in [5, 5.41) is 13.5. The number of carbonyl (C=O) groups is 1. The Labute approximate surface area is 170 Å². The maximum Gasteiger partial charge on any atom is 0.337 e. The summed E-state index contributed by atoms with van der Waals surface area (Å²) < 4.78 is 2.07. The number of fused-ring (bicyclic) bond motifs is 4. The lowest BCUT2D eigenvalue weighted by atomic mass is 9.84. The average molecular weight is 390 g/mol. The maximum atomic E-state index is 11.9. The summed E-state index contributed by atoms with van der Waals surface area (Å²) >= 11 is 0. The van der Waals surface area contributed by atoms with Gasteiger partial charge in [0.25, 0.3) is 0 Å². The van der Waals surface area contributed by atoms with Crippen molar-refractivity contribution in [2.45, 2.75) is 25.4 Å². The van der Waals surface area contributed by atoms with Gasteiger partial charge in [-0.25, -0.2) is 9.78 Å². The van der Waals surface area contributed by atoms with Crippen LogP contribution in [0.25, 0.3) is 22.4 Å². The molecule has 3 saturated heterocycles. The lowest BCUT2D eigenvalue weighted by Gasteiger charge is -2.45. The van der Waals surface area contributed by atoms with Crippen molar-refractivity contribution in [3.63, 3.8) is 0 Å². The number of aromatic carboxylic acids is 1. The Morgan fingerprint density at radius 1 is 1.10 bits per heavy atom. The van der Waals surface area contributed by atoms with E-state index in [2.05, 4.69) is 14.8 Å². The summed E-state index contributed by atoms with van der Waals surface area (Å²) in [7, 11) is 0. The van der Waals surface area contributed by atoms with E-state index in [0.717, 1.165) is 35.9 Å². The molecule has 29 heavy (non-hydrogen) atoms. The fraction of sp³-hybridized carbons (Fsp3) is 0.391. The Hall–Kier alpha value is -2.70. The number of rotatable bonds is 6. The Morgan fingerprint density at radius 3 is 2.59 bits per heavy atom. The maximum absolute atomic E-state index is 11.9. The molecule has 6 nitrogen and oxygen atoms in total. The van der Waals surface area contributed by atoms with Gasteiger partial charge in [-0.1, -0.05) is 36.4 Å². The summed E-state index contributed by atoms with van der Waals surface area (Å²) in [5.41, 5.74) is 2.74. The molecule has 0 radical (unpaired) electrons. The molecule has 0 saturated carbocycles. The van der Waals surface area contributed by atoms with E-state index in [1.54, 1.807) is 12.1 Å². The summed E-state index contributed by atoms with van der Waals surface area (Å²) in [6, 6.07) is 15.9. The number of nitrogens with zero attached hydrogens (tertiary/aromatic N) is 3. The molecule has 0 amide bonds. The summed E-state index contributed by atoms with van der Waals surface area (Å²) in [6.45, 7) is 5.08. The van der Waals surface area contributed by atoms with Crippen LogP contribution >= 0.6 is 0 Å². The third-order valence-corrected chi connectivity index (χ3v) is 6.43. The molecule has 6 rings (SSSR count). The predicted molar refractivity (Wildman–Crippen MR) is 113 cm³/mol. The van der Waals surface area contributed by atoms with E-state index in [0.29, 0.717) is 23.7 Å². The van der Waals surface area contributed by atoms with Crippen LogP contribution in [0.1, 0.15) is 23.2 Å². The first-order valence-corrected chi connectivity index (χ1v) is 10.4. The zero-order valence-electron chi connectivity index (χ0n) is 16.4. The highest BCUT2D eigenvalue weighted by Gasteiger charge is 2.33. The van der Waals surface area contributed by atoms with Gasteiger partial charge in [0.2, 0.25) is 0 Å². The molecule has 6 heteroatoms. The number of carboxylic acid groups (broad SMARTS) is 1. The van der Waals surface area contributed by atoms with Crippen molar-refractivity contribution in [3.05, 3.63) is 54.1 Å². The lowest BCUT2D eigenvalue weighted by Crippen LogP contribution is -2.56. The summed E-state index contributed by atoms with van der Waals surface area (Å²) in [4.78, 5) is 19.2. The van der Waals surface area contributed by atoms with Crippen molar-refractivity contribution in [1.82, 2.24) is 19.8 Å². The average Bonchev–Trinajstić information content (AvgIpc) is 3.14. The van der Waals surface area contributed by atoms with E-state index in [1.807, 2.05) is 36.4 Å². The molecule has 2 N–H and O–H groups in total. The molecule has 4 heterocycles. The van der Waals surface area contributed by atoms with E-state index in [1.165, 1.54) is 25.9 Å². The molecule has 1 atom stereocenters. The molecule has 1 aromatic heterocycles. The second-order valence-corrected chi connectivity index (χ2v) is 8.13.